The molecular weight excluding hydrogens is 508 g/mol. The topological polar surface area (TPSA) is 90.0 Å². The van der Waals surface area contributed by atoms with Crippen molar-refractivity contribution in [3.05, 3.63) is 82.3 Å². The van der Waals surface area contributed by atoms with Crippen LogP contribution in [-0.4, -0.2) is 49.1 Å². The number of hydrogen-bond donors (Lipinski definition) is 3. The molecule has 1 atom stereocenters. The second-order valence-electron chi connectivity index (χ2n) is 11.2. The van der Waals surface area contributed by atoms with Crippen LogP contribution in [0, 0.1) is 5.92 Å². The predicted octanol–water partition coefficient (Wildman–Crippen LogP) is 4.92. The molecular formula is C30H38N6O2S. The van der Waals surface area contributed by atoms with Gasteiger partial charge in [-0.25, -0.2) is 0 Å². The highest BCUT2D eigenvalue weighted by Gasteiger charge is 2.29. The monoisotopic (exact) mass is 546 g/mol. The van der Waals surface area contributed by atoms with Crippen molar-refractivity contribution >= 4 is 23.5 Å². The van der Waals surface area contributed by atoms with Crippen LogP contribution in [0.25, 0.3) is 10.9 Å². The third-order valence-corrected chi connectivity index (χ3v) is 7.74. The molecule has 2 N–H and O–H groups in total. The molecule has 0 amide bonds. The fraction of sp³-hybridized carbons (Fsp3) is 0.433. The summed E-state index contributed by atoms with van der Waals surface area (Å²) >= 11 is 4.26. The summed E-state index contributed by atoms with van der Waals surface area (Å²) in [6.45, 7) is 6.99. The van der Waals surface area contributed by atoms with Gasteiger partial charge in [-0.05, 0) is 91.5 Å². The molecule has 2 aromatic heterocycles. The Hall–Kier alpha value is -3.30. The lowest BCUT2D eigenvalue weighted by atomic mass is 9.96. The highest BCUT2D eigenvalue weighted by atomic mass is 32.1. The summed E-state index contributed by atoms with van der Waals surface area (Å²) in [5, 5.41) is 29.0. The smallest absolute Gasteiger partial charge is 0.162 e. The molecule has 0 spiro atoms. The maximum Gasteiger partial charge on any atom is 0.162 e. The van der Waals surface area contributed by atoms with Crippen molar-refractivity contribution in [2.75, 3.05) is 13.7 Å². The molecule has 1 fully saturated rings. The molecule has 206 valence electrons. The minimum atomic E-state index is -0.826. The van der Waals surface area contributed by atoms with Gasteiger partial charge in [-0.1, -0.05) is 24.3 Å². The molecule has 9 heteroatoms. The van der Waals surface area contributed by atoms with Crippen molar-refractivity contribution in [3.8, 4) is 5.75 Å². The van der Waals surface area contributed by atoms with Crippen LogP contribution in [0.15, 0.2) is 59.9 Å². The van der Waals surface area contributed by atoms with Gasteiger partial charge in [0.15, 0.2) is 6.33 Å². The van der Waals surface area contributed by atoms with E-state index in [9.17, 15) is 5.11 Å². The number of rotatable bonds is 12. The zero-order valence-electron chi connectivity index (χ0n) is 23.1. The number of aliphatic hydroxyl groups is 1. The van der Waals surface area contributed by atoms with Crippen LogP contribution < -0.4 is 10.1 Å². The van der Waals surface area contributed by atoms with Crippen LogP contribution in [0.1, 0.15) is 62.0 Å². The van der Waals surface area contributed by atoms with Gasteiger partial charge in [-0.2, -0.15) is 4.80 Å². The molecule has 1 unspecified atom stereocenters. The van der Waals surface area contributed by atoms with E-state index in [4.69, 9.17) is 4.74 Å². The van der Waals surface area contributed by atoms with Gasteiger partial charge in [0, 0.05) is 36.6 Å². The first-order valence-corrected chi connectivity index (χ1v) is 14.1. The standard InChI is InChI=1S/C30H38N6O2S/c1-20(36-33-19-32-34-36)23-9-7-22(8-10-23)16-35-28-12-11-25(38-17-24(18-39)31-4)14-27(28)26(13-21-5-6-21)29(35)15-30(2,3)37/h7-12,14,18-21,31,37,39H,5-6,13,15-17H2,1-4H3/b24-18-. The third kappa shape index (κ3) is 6.47. The van der Waals surface area contributed by atoms with Crippen molar-refractivity contribution in [2.45, 2.75) is 64.6 Å². The number of ether oxygens (including phenoxy) is 1. The predicted molar refractivity (Wildman–Crippen MR) is 157 cm³/mol. The van der Waals surface area contributed by atoms with Crippen LogP contribution in [-0.2, 0) is 19.4 Å². The molecule has 2 aromatic carbocycles. The second kappa shape index (κ2) is 11.4. The summed E-state index contributed by atoms with van der Waals surface area (Å²) in [6.07, 6.45) is 5.60. The Balaban J connectivity index is 1.52. The van der Waals surface area contributed by atoms with E-state index in [1.54, 1.807) is 10.2 Å². The van der Waals surface area contributed by atoms with E-state index in [1.807, 2.05) is 27.0 Å². The minimum absolute atomic E-state index is 0.00379. The largest absolute Gasteiger partial charge is 0.487 e. The third-order valence-electron chi connectivity index (χ3n) is 7.43. The molecule has 0 radical (unpaired) electrons. The molecule has 1 saturated carbocycles. The van der Waals surface area contributed by atoms with E-state index >= 15 is 0 Å². The number of nitrogens with one attached hydrogen (secondary N) is 1. The average molecular weight is 547 g/mol. The number of nitrogens with zero attached hydrogens (tertiary/aromatic N) is 5. The Morgan fingerprint density at radius 2 is 2.00 bits per heavy atom. The van der Waals surface area contributed by atoms with Crippen LogP contribution in [0.4, 0.5) is 0 Å². The van der Waals surface area contributed by atoms with E-state index in [0.29, 0.717) is 18.9 Å². The van der Waals surface area contributed by atoms with Crippen molar-refractivity contribution in [1.82, 2.24) is 30.1 Å². The summed E-state index contributed by atoms with van der Waals surface area (Å²) in [7, 11) is 1.87. The van der Waals surface area contributed by atoms with Crippen LogP contribution in [0.5, 0.6) is 5.75 Å². The molecule has 2 heterocycles. The Kier molecular flexibility index (Phi) is 8.00. The minimum Gasteiger partial charge on any atom is -0.487 e. The second-order valence-corrected chi connectivity index (χ2v) is 11.5. The van der Waals surface area contributed by atoms with Crippen molar-refractivity contribution in [3.63, 3.8) is 0 Å². The lowest BCUT2D eigenvalue weighted by molar-refractivity contribution is 0.0789. The summed E-state index contributed by atoms with van der Waals surface area (Å²) in [5.41, 5.74) is 6.11. The molecule has 1 aliphatic rings. The van der Waals surface area contributed by atoms with Crippen LogP contribution >= 0.6 is 12.6 Å². The summed E-state index contributed by atoms with van der Waals surface area (Å²) in [6, 6.07) is 15.0. The Morgan fingerprint density at radius 1 is 1.23 bits per heavy atom. The van der Waals surface area contributed by atoms with Gasteiger partial charge in [0.25, 0.3) is 0 Å². The molecule has 39 heavy (non-hydrogen) atoms. The molecule has 0 saturated heterocycles. The number of hydrogen-bond acceptors (Lipinski definition) is 7. The number of likely N-dealkylation sites (N-methyl/N-ethyl adjacent to an activating group) is 1. The van der Waals surface area contributed by atoms with Crippen molar-refractivity contribution < 1.29 is 9.84 Å². The summed E-state index contributed by atoms with van der Waals surface area (Å²) in [4.78, 5) is 1.62. The number of aromatic nitrogens is 5. The van der Waals surface area contributed by atoms with Gasteiger partial charge in [0.1, 0.15) is 12.4 Å². The maximum atomic E-state index is 10.9. The summed E-state index contributed by atoms with van der Waals surface area (Å²) in [5.74, 6) is 1.54. The fourth-order valence-electron chi connectivity index (χ4n) is 5.08. The number of benzene rings is 2. The first-order valence-electron chi connectivity index (χ1n) is 13.6. The SMILES string of the molecule is CN/C(=C\S)COc1ccc2c(c1)c(CC1CC1)c(CC(C)(C)O)n2Cc1ccc(C(C)n2ncnn2)cc1. The van der Waals surface area contributed by atoms with Gasteiger partial charge in [-0.15, -0.1) is 22.8 Å². The number of tetrazole rings is 1. The number of fused-ring (bicyclic) bond motifs is 1. The highest BCUT2D eigenvalue weighted by Crippen LogP contribution is 2.39. The Bertz CT molecular complexity index is 1430. The summed E-state index contributed by atoms with van der Waals surface area (Å²) < 4.78 is 8.50. The van der Waals surface area contributed by atoms with Gasteiger partial charge >= 0.3 is 0 Å². The first kappa shape index (κ1) is 27.3. The molecule has 1 aliphatic carbocycles. The van der Waals surface area contributed by atoms with Crippen molar-refractivity contribution in [2.24, 2.45) is 5.92 Å². The molecule has 5 rings (SSSR count). The van der Waals surface area contributed by atoms with E-state index in [0.717, 1.165) is 30.0 Å². The molecule has 4 aromatic rings. The Morgan fingerprint density at radius 3 is 2.62 bits per heavy atom. The lowest BCUT2D eigenvalue weighted by Gasteiger charge is -2.21. The fourth-order valence-corrected chi connectivity index (χ4v) is 5.29. The lowest BCUT2D eigenvalue weighted by Crippen LogP contribution is -2.25. The number of thiol groups is 1. The van der Waals surface area contributed by atoms with Gasteiger partial charge in [0.05, 0.1) is 17.3 Å². The van der Waals surface area contributed by atoms with Crippen LogP contribution in [0.3, 0.4) is 0 Å². The molecule has 0 aliphatic heterocycles. The quantitative estimate of drug-likeness (QED) is 0.219. The molecule has 8 nitrogen and oxygen atoms in total. The van der Waals surface area contributed by atoms with E-state index in [2.05, 4.69) is 81.2 Å². The average Bonchev–Trinajstić information content (AvgIpc) is 3.49. The van der Waals surface area contributed by atoms with Gasteiger partial charge in [-0.3, -0.25) is 0 Å². The van der Waals surface area contributed by atoms with Crippen LogP contribution in [0.2, 0.25) is 0 Å². The Labute approximate surface area is 235 Å². The van der Waals surface area contributed by atoms with E-state index in [1.165, 1.54) is 46.9 Å². The zero-order chi connectivity index (χ0) is 27.6. The van der Waals surface area contributed by atoms with E-state index < -0.39 is 5.60 Å². The van der Waals surface area contributed by atoms with E-state index in [-0.39, 0.29) is 6.04 Å². The zero-order valence-corrected chi connectivity index (χ0v) is 24.0. The first-order chi connectivity index (χ1) is 18.8. The van der Waals surface area contributed by atoms with Gasteiger partial charge < -0.3 is 19.7 Å². The van der Waals surface area contributed by atoms with Gasteiger partial charge in [0.2, 0.25) is 0 Å². The highest BCUT2D eigenvalue weighted by molar-refractivity contribution is 7.83. The molecule has 0 bridgehead atoms. The van der Waals surface area contributed by atoms with Crippen molar-refractivity contribution in [1.29, 1.82) is 0 Å². The normalized spacial score (nSPS) is 15.1. The maximum absolute atomic E-state index is 10.9.